The van der Waals surface area contributed by atoms with Crippen LogP contribution in [0.15, 0.2) is 65.8 Å². The molecule has 4 heteroatoms. The van der Waals surface area contributed by atoms with Crippen LogP contribution >= 0.6 is 0 Å². The van der Waals surface area contributed by atoms with Crippen molar-refractivity contribution in [2.24, 2.45) is 11.0 Å². The average Bonchev–Trinajstić information content (AvgIpc) is 3.54. The van der Waals surface area contributed by atoms with Crippen molar-refractivity contribution in [1.29, 1.82) is 0 Å². The monoisotopic (exact) mass is 400 g/mol. The summed E-state index contributed by atoms with van der Waals surface area (Å²) in [6, 6.07) is 20.7. The smallest absolute Gasteiger partial charge is 0.243 e. The number of fused-ring (bicyclic) bond motifs is 1. The van der Waals surface area contributed by atoms with Gasteiger partial charge >= 0.3 is 0 Å². The van der Waals surface area contributed by atoms with E-state index in [1.54, 1.807) is 13.3 Å². The molecular formula is C26H28N2O2. The van der Waals surface area contributed by atoms with Crippen molar-refractivity contribution in [3.05, 3.63) is 77.4 Å². The molecule has 1 aliphatic carbocycles. The lowest BCUT2D eigenvalue weighted by atomic mass is 9.86. The third kappa shape index (κ3) is 4.09. The van der Waals surface area contributed by atoms with Gasteiger partial charge in [-0.1, -0.05) is 75.4 Å². The maximum Gasteiger partial charge on any atom is 0.243 e. The highest BCUT2D eigenvalue weighted by atomic mass is 16.5. The Hall–Kier alpha value is -3.14. The minimum Gasteiger partial charge on any atom is -0.496 e. The average molecular weight is 401 g/mol. The van der Waals surface area contributed by atoms with Gasteiger partial charge in [-0.25, -0.2) is 5.43 Å². The van der Waals surface area contributed by atoms with Crippen LogP contribution in [0.4, 0.5) is 0 Å². The molecular weight excluding hydrogens is 372 g/mol. The Balaban J connectivity index is 1.43. The molecule has 0 spiro atoms. The molecule has 2 atom stereocenters. The minimum absolute atomic E-state index is 0.0166. The number of amides is 1. The first kappa shape index (κ1) is 20.1. The van der Waals surface area contributed by atoms with E-state index < -0.39 is 0 Å². The van der Waals surface area contributed by atoms with Crippen LogP contribution in [0.2, 0.25) is 0 Å². The Morgan fingerprint density at radius 3 is 2.50 bits per heavy atom. The predicted octanol–water partition coefficient (Wildman–Crippen LogP) is 5.40. The molecule has 1 aliphatic rings. The fourth-order valence-corrected chi connectivity index (χ4v) is 3.91. The van der Waals surface area contributed by atoms with Crippen molar-refractivity contribution < 1.29 is 9.53 Å². The number of benzene rings is 3. The summed E-state index contributed by atoms with van der Waals surface area (Å²) >= 11 is 0. The Morgan fingerprint density at radius 1 is 1.07 bits per heavy atom. The largest absolute Gasteiger partial charge is 0.496 e. The fraction of sp³-hybridized carbons (Fsp3) is 0.308. The van der Waals surface area contributed by atoms with Crippen LogP contribution in [0.25, 0.3) is 10.8 Å². The van der Waals surface area contributed by atoms with Crippen LogP contribution in [0.3, 0.4) is 0 Å². The SMILES string of the molecule is COc1ccc2ccccc2c1/C=N/NC(=O)[C@H]1C[C@@H]1c1ccc(C(C)(C)C)cc1. The molecule has 0 aromatic heterocycles. The van der Waals surface area contributed by atoms with Gasteiger partial charge < -0.3 is 4.74 Å². The molecule has 1 N–H and O–H groups in total. The third-order valence-corrected chi connectivity index (χ3v) is 5.85. The van der Waals surface area contributed by atoms with Gasteiger partial charge in [0, 0.05) is 11.5 Å². The summed E-state index contributed by atoms with van der Waals surface area (Å²) in [6.07, 6.45) is 2.54. The normalized spacial score (nSPS) is 18.5. The van der Waals surface area contributed by atoms with Crippen LogP contribution in [0, 0.1) is 5.92 Å². The second-order valence-electron chi connectivity index (χ2n) is 8.96. The standard InChI is InChI=1S/C26H28N2O2/c1-26(2,3)19-12-9-18(10-13-19)21-15-22(21)25(29)28-27-16-23-20-8-6-5-7-17(20)11-14-24(23)30-4/h5-14,16,21-22H,15H2,1-4H3,(H,28,29)/b27-16+/t21-,22+/m1/s1. The van der Waals surface area contributed by atoms with Gasteiger partial charge in [0.25, 0.3) is 0 Å². The molecule has 0 aliphatic heterocycles. The molecule has 1 saturated carbocycles. The van der Waals surface area contributed by atoms with E-state index in [9.17, 15) is 4.79 Å². The van der Waals surface area contributed by atoms with Gasteiger partial charge in [0.2, 0.25) is 5.91 Å². The molecule has 0 radical (unpaired) electrons. The highest BCUT2D eigenvalue weighted by Gasteiger charge is 2.44. The fourth-order valence-electron chi connectivity index (χ4n) is 3.91. The Bertz CT molecular complexity index is 1090. The van der Waals surface area contributed by atoms with E-state index in [0.29, 0.717) is 0 Å². The van der Waals surface area contributed by atoms with E-state index in [-0.39, 0.29) is 23.2 Å². The molecule has 3 aromatic carbocycles. The maximum atomic E-state index is 12.6. The molecule has 0 bridgehead atoms. The van der Waals surface area contributed by atoms with Gasteiger partial charge in [-0.3, -0.25) is 4.79 Å². The molecule has 1 amide bonds. The number of nitrogens with zero attached hydrogens (tertiary/aromatic N) is 1. The highest BCUT2D eigenvalue weighted by Crippen LogP contribution is 2.47. The Labute approximate surface area is 178 Å². The quantitative estimate of drug-likeness (QED) is 0.460. The van der Waals surface area contributed by atoms with Crippen LogP contribution in [-0.4, -0.2) is 19.2 Å². The number of hydrazone groups is 1. The first-order valence-electron chi connectivity index (χ1n) is 10.4. The second-order valence-corrected chi connectivity index (χ2v) is 8.96. The van der Waals surface area contributed by atoms with Crippen molar-refractivity contribution in [1.82, 2.24) is 5.43 Å². The van der Waals surface area contributed by atoms with E-state index in [2.05, 4.69) is 55.6 Å². The number of nitrogens with one attached hydrogen (secondary N) is 1. The number of carbonyl (C=O) groups excluding carboxylic acids is 1. The van der Waals surface area contributed by atoms with Crippen molar-refractivity contribution >= 4 is 22.9 Å². The van der Waals surface area contributed by atoms with Crippen LogP contribution in [-0.2, 0) is 10.2 Å². The zero-order chi connectivity index (χ0) is 21.3. The van der Waals surface area contributed by atoms with Crippen LogP contribution in [0.1, 0.15) is 49.8 Å². The van der Waals surface area contributed by atoms with Gasteiger partial charge in [0.1, 0.15) is 5.75 Å². The van der Waals surface area contributed by atoms with Gasteiger partial charge in [-0.2, -0.15) is 5.10 Å². The molecule has 0 saturated heterocycles. The van der Waals surface area contributed by atoms with Gasteiger partial charge in [0.05, 0.1) is 13.3 Å². The molecule has 4 nitrogen and oxygen atoms in total. The van der Waals surface area contributed by atoms with Gasteiger partial charge in [-0.05, 0) is 45.7 Å². The van der Waals surface area contributed by atoms with E-state index in [1.165, 1.54) is 11.1 Å². The van der Waals surface area contributed by atoms with Crippen molar-refractivity contribution in [3.63, 3.8) is 0 Å². The van der Waals surface area contributed by atoms with Crippen molar-refractivity contribution in [2.45, 2.75) is 38.5 Å². The zero-order valence-electron chi connectivity index (χ0n) is 18.0. The predicted molar refractivity (Wildman–Crippen MR) is 122 cm³/mol. The summed E-state index contributed by atoms with van der Waals surface area (Å²) in [5, 5.41) is 6.38. The highest BCUT2D eigenvalue weighted by molar-refractivity contribution is 6.02. The van der Waals surface area contributed by atoms with Gasteiger partial charge in [-0.15, -0.1) is 0 Å². The van der Waals surface area contributed by atoms with E-state index in [1.807, 2.05) is 36.4 Å². The topological polar surface area (TPSA) is 50.7 Å². The third-order valence-electron chi connectivity index (χ3n) is 5.85. The summed E-state index contributed by atoms with van der Waals surface area (Å²) in [7, 11) is 1.64. The first-order chi connectivity index (χ1) is 14.4. The number of methoxy groups -OCH3 is 1. The number of hydrogen-bond acceptors (Lipinski definition) is 3. The lowest BCUT2D eigenvalue weighted by Gasteiger charge is -2.19. The molecule has 4 rings (SSSR count). The molecule has 0 heterocycles. The lowest BCUT2D eigenvalue weighted by molar-refractivity contribution is -0.122. The Kier molecular flexibility index (Phi) is 5.33. The summed E-state index contributed by atoms with van der Waals surface area (Å²) in [5.74, 6) is 0.962. The number of rotatable bonds is 5. The first-order valence-corrected chi connectivity index (χ1v) is 10.4. The van der Waals surface area contributed by atoms with E-state index >= 15 is 0 Å². The molecule has 0 unspecified atom stereocenters. The van der Waals surface area contributed by atoms with Crippen LogP contribution in [0.5, 0.6) is 5.75 Å². The maximum absolute atomic E-state index is 12.6. The van der Waals surface area contributed by atoms with E-state index in [0.717, 1.165) is 28.5 Å². The lowest BCUT2D eigenvalue weighted by Crippen LogP contribution is -2.20. The molecule has 30 heavy (non-hydrogen) atoms. The summed E-state index contributed by atoms with van der Waals surface area (Å²) in [4.78, 5) is 12.6. The van der Waals surface area contributed by atoms with E-state index in [4.69, 9.17) is 4.74 Å². The number of carbonyl (C=O) groups is 1. The summed E-state index contributed by atoms with van der Waals surface area (Å²) in [6.45, 7) is 6.62. The number of hydrogen-bond donors (Lipinski definition) is 1. The van der Waals surface area contributed by atoms with Crippen molar-refractivity contribution in [3.8, 4) is 5.75 Å². The molecule has 154 valence electrons. The zero-order valence-corrected chi connectivity index (χ0v) is 18.0. The van der Waals surface area contributed by atoms with Crippen molar-refractivity contribution in [2.75, 3.05) is 7.11 Å². The minimum atomic E-state index is -0.0321. The molecule has 1 fully saturated rings. The van der Waals surface area contributed by atoms with Crippen LogP contribution < -0.4 is 10.2 Å². The summed E-state index contributed by atoms with van der Waals surface area (Å²) < 4.78 is 5.48. The Morgan fingerprint density at radius 2 is 1.80 bits per heavy atom. The second kappa shape index (κ2) is 7.94. The number of ether oxygens (including phenoxy) is 1. The summed E-state index contributed by atoms with van der Waals surface area (Å²) in [5.41, 5.74) is 6.25. The van der Waals surface area contributed by atoms with Gasteiger partial charge in [0.15, 0.2) is 0 Å². The molecule has 3 aromatic rings.